The fraction of sp³-hybridized carbons (Fsp3) is 0.467. The van der Waals surface area contributed by atoms with Gasteiger partial charge in [0.15, 0.2) is 5.78 Å². The van der Waals surface area contributed by atoms with Crippen molar-refractivity contribution in [3.8, 4) is 0 Å². The molecule has 1 aromatic rings. The van der Waals surface area contributed by atoms with E-state index >= 15 is 0 Å². The van der Waals surface area contributed by atoms with Crippen molar-refractivity contribution >= 4 is 34.1 Å². The highest BCUT2D eigenvalue weighted by Gasteiger charge is 2.18. The molecule has 1 aliphatic heterocycles. The molecule has 0 spiro atoms. The average molecular weight is 293 g/mol. The molecule has 2 rings (SSSR count). The number of piperidine rings is 1. The zero-order valence-electron chi connectivity index (χ0n) is 11.2. The van der Waals surface area contributed by atoms with Gasteiger partial charge >= 0.3 is 0 Å². The van der Waals surface area contributed by atoms with Crippen molar-refractivity contribution in [1.29, 1.82) is 0 Å². The van der Waals surface area contributed by atoms with Gasteiger partial charge in [-0.2, -0.15) is 0 Å². The van der Waals surface area contributed by atoms with Crippen LogP contribution in [-0.2, 0) is 0 Å². The third kappa shape index (κ3) is 4.32. The highest BCUT2D eigenvalue weighted by molar-refractivity contribution is 8.23. The molecule has 0 amide bonds. The number of ketones is 1. The number of carbonyl (C=O) groups excluding carboxylic acids is 1. The number of thiocarbonyl (C=S) groups is 1. The van der Waals surface area contributed by atoms with E-state index in [1.807, 2.05) is 30.3 Å². The molecular formula is C15H19NOS2. The number of likely N-dealkylation sites (tertiary alicyclic amines) is 1. The summed E-state index contributed by atoms with van der Waals surface area (Å²) < 4.78 is 0.871. The Morgan fingerprint density at radius 2 is 1.95 bits per heavy atom. The number of nitrogens with zero attached hydrogens (tertiary/aromatic N) is 1. The number of thioether (sulfide) groups is 1. The zero-order valence-corrected chi connectivity index (χ0v) is 12.8. The van der Waals surface area contributed by atoms with Gasteiger partial charge in [-0.25, -0.2) is 0 Å². The Kier molecular flexibility index (Phi) is 5.40. The highest BCUT2D eigenvalue weighted by Crippen LogP contribution is 2.20. The van der Waals surface area contributed by atoms with E-state index in [4.69, 9.17) is 12.2 Å². The first kappa shape index (κ1) is 14.5. The van der Waals surface area contributed by atoms with Gasteiger partial charge < -0.3 is 4.90 Å². The van der Waals surface area contributed by atoms with Gasteiger partial charge in [0.05, 0.1) is 5.75 Å². The van der Waals surface area contributed by atoms with E-state index in [1.54, 1.807) is 0 Å². The lowest BCUT2D eigenvalue weighted by Gasteiger charge is -2.31. The Morgan fingerprint density at radius 3 is 2.58 bits per heavy atom. The summed E-state index contributed by atoms with van der Waals surface area (Å²) >= 11 is 6.91. The first-order valence-electron chi connectivity index (χ1n) is 6.67. The van der Waals surface area contributed by atoms with E-state index < -0.39 is 0 Å². The van der Waals surface area contributed by atoms with Gasteiger partial charge in [-0.1, -0.05) is 61.2 Å². The summed E-state index contributed by atoms with van der Waals surface area (Å²) in [6.07, 6.45) is 2.40. The van der Waals surface area contributed by atoms with Crippen molar-refractivity contribution in [3.05, 3.63) is 35.9 Å². The van der Waals surface area contributed by atoms with E-state index in [-0.39, 0.29) is 5.78 Å². The second-order valence-electron chi connectivity index (χ2n) is 5.01. The van der Waals surface area contributed by atoms with E-state index in [0.717, 1.165) is 28.9 Å². The van der Waals surface area contributed by atoms with Crippen LogP contribution in [0.25, 0.3) is 0 Å². The minimum Gasteiger partial charge on any atom is -0.357 e. The van der Waals surface area contributed by atoms with Crippen LogP contribution in [0.1, 0.15) is 30.1 Å². The van der Waals surface area contributed by atoms with Crippen molar-refractivity contribution in [2.75, 3.05) is 18.8 Å². The Bertz CT molecular complexity index is 439. The molecule has 0 N–H and O–H groups in total. The Labute approximate surface area is 124 Å². The number of hydrogen-bond donors (Lipinski definition) is 0. The second-order valence-corrected chi connectivity index (χ2v) is 6.62. The smallest absolute Gasteiger partial charge is 0.173 e. The van der Waals surface area contributed by atoms with E-state index in [2.05, 4.69) is 11.8 Å². The van der Waals surface area contributed by atoms with Crippen molar-refractivity contribution < 1.29 is 4.79 Å². The molecule has 0 atom stereocenters. The van der Waals surface area contributed by atoms with Crippen LogP contribution < -0.4 is 0 Å². The molecule has 1 aromatic carbocycles. The summed E-state index contributed by atoms with van der Waals surface area (Å²) in [5.41, 5.74) is 0.769. The van der Waals surface area contributed by atoms with Crippen LogP contribution in [0.2, 0.25) is 0 Å². The molecule has 4 heteroatoms. The first-order valence-corrected chi connectivity index (χ1v) is 8.06. The standard InChI is InChI=1S/C15H19NOS2/c1-12-7-9-16(10-8-12)15(18)19-11-14(17)13-5-3-2-4-6-13/h2-6,12H,7-11H2,1H3. The molecule has 0 unspecified atom stereocenters. The third-order valence-electron chi connectivity index (χ3n) is 3.46. The number of hydrogen-bond acceptors (Lipinski definition) is 3. The summed E-state index contributed by atoms with van der Waals surface area (Å²) in [5, 5.41) is 0. The molecule has 0 radical (unpaired) electrons. The number of carbonyl (C=O) groups is 1. The topological polar surface area (TPSA) is 20.3 Å². The number of Topliss-reactive ketones (excluding diaryl/α,β-unsaturated/α-hetero) is 1. The molecule has 2 nitrogen and oxygen atoms in total. The van der Waals surface area contributed by atoms with Crippen LogP contribution in [0.5, 0.6) is 0 Å². The Balaban J connectivity index is 1.79. The summed E-state index contributed by atoms with van der Waals surface area (Å²) in [4.78, 5) is 14.2. The lowest BCUT2D eigenvalue weighted by Crippen LogP contribution is -2.35. The van der Waals surface area contributed by atoms with E-state index in [1.165, 1.54) is 24.6 Å². The van der Waals surface area contributed by atoms with Gasteiger partial charge in [0, 0.05) is 18.7 Å². The van der Waals surface area contributed by atoms with Gasteiger partial charge in [0.25, 0.3) is 0 Å². The molecule has 0 aliphatic carbocycles. The van der Waals surface area contributed by atoms with Crippen molar-refractivity contribution in [3.63, 3.8) is 0 Å². The molecule has 0 saturated carbocycles. The number of rotatable bonds is 3. The van der Waals surface area contributed by atoms with Crippen LogP contribution in [-0.4, -0.2) is 33.8 Å². The van der Waals surface area contributed by atoms with Gasteiger partial charge in [0.1, 0.15) is 4.32 Å². The molecule has 19 heavy (non-hydrogen) atoms. The minimum atomic E-state index is 0.151. The van der Waals surface area contributed by atoms with Crippen molar-refractivity contribution in [2.45, 2.75) is 19.8 Å². The van der Waals surface area contributed by atoms with E-state index in [0.29, 0.717) is 5.75 Å². The van der Waals surface area contributed by atoms with E-state index in [9.17, 15) is 4.79 Å². The van der Waals surface area contributed by atoms with Crippen LogP contribution in [0.15, 0.2) is 30.3 Å². The lowest BCUT2D eigenvalue weighted by molar-refractivity contribution is 0.102. The van der Waals surface area contributed by atoms with Gasteiger partial charge in [-0.05, 0) is 18.8 Å². The number of benzene rings is 1. The second kappa shape index (κ2) is 7.06. The van der Waals surface area contributed by atoms with Gasteiger partial charge in [-0.15, -0.1) is 0 Å². The Hall–Kier alpha value is -0.870. The molecule has 1 heterocycles. The minimum absolute atomic E-state index is 0.151. The van der Waals surface area contributed by atoms with Crippen LogP contribution in [0.4, 0.5) is 0 Å². The van der Waals surface area contributed by atoms with Gasteiger partial charge in [0.2, 0.25) is 0 Å². The molecule has 1 saturated heterocycles. The predicted molar refractivity (Wildman–Crippen MR) is 85.8 cm³/mol. The largest absolute Gasteiger partial charge is 0.357 e. The molecule has 0 aromatic heterocycles. The summed E-state index contributed by atoms with van der Waals surface area (Å²) in [6, 6.07) is 9.41. The third-order valence-corrected chi connectivity index (χ3v) is 4.99. The van der Waals surface area contributed by atoms with Crippen molar-refractivity contribution in [1.82, 2.24) is 4.90 Å². The molecule has 102 valence electrons. The Morgan fingerprint density at radius 1 is 1.32 bits per heavy atom. The lowest BCUT2D eigenvalue weighted by atomic mass is 10.00. The van der Waals surface area contributed by atoms with Crippen molar-refractivity contribution in [2.24, 2.45) is 5.92 Å². The molecule has 1 aliphatic rings. The molecular weight excluding hydrogens is 274 g/mol. The maximum absolute atomic E-state index is 12.0. The summed E-state index contributed by atoms with van der Waals surface area (Å²) in [5.74, 6) is 1.39. The fourth-order valence-electron chi connectivity index (χ4n) is 2.12. The van der Waals surface area contributed by atoms with Gasteiger partial charge in [-0.3, -0.25) is 4.79 Å². The first-order chi connectivity index (χ1) is 9.16. The normalized spacial score (nSPS) is 16.4. The monoisotopic (exact) mass is 293 g/mol. The molecule has 1 fully saturated rings. The van der Waals surface area contributed by atoms with Crippen LogP contribution in [0, 0.1) is 5.92 Å². The average Bonchev–Trinajstić information content (AvgIpc) is 2.46. The van der Waals surface area contributed by atoms with Crippen LogP contribution in [0.3, 0.4) is 0 Å². The maximum atomic E-state index is 12.0. The quantitative estimate of drug-likeness (QED) is 0.626. The zero-order chi connectivity index (χ0) is 13.7. The highest BCUT2D eigenvalue weighted by atomic mass is 32.2. The predicted octanol–water partition coefficient (Wildman–Crippen LogP) is 3.62. The van der Waals surface area contributed by atoms with Crippen LogP contribution >= 0.6 is 24.0 Å². The maximum Gasteiger partial charge on any atom is 0.173 e. The summed E-state index contributed by atoms with van der Waals surface area (Å²) in [7, 11) is 0. The molecule has 0 bridgehead atoms. The fourth-order valence-corrected chi connectivity index (χ4v) is 3.26. The summed E-state index contributed by atoms with van der Waals surface area (Å²) in [6.45, 7) is 4.35. The SMILES string of the molecule is CC1CCN(C(=S)SCC(=O)c2ccccc2)CC1.